The minimum absolute atomic E-state index is 0.0981. The van der Waals surface area contributed by atoms with Crippen molar-refractivity contribution >= 4 is 5.97 Å². The van der Waals surface area contributed by atoms with E-state index in [2.05, 4.69) is 34.3 Å². The van der Waals surface area contributed by atoms with Crippen molar-refractivity contribution in [2.45, 2.75) is 343 Å². The van der Waals surface area contributed by atoms with Crippen LogP contribution in [0, 0.1) is 17.8 Å². The van der Waals surface area contributed by atoms with Crippen LogP contribution in [0.5, 0.6) is 0 Å². The van der Waals surface area contributed by atoms with E-state index in [0.29, 0.717) is 17.4 Å². The van der Waals surface area contributed by atoms with Crippen molar-refractivity contribution in [3.63, 3.8) is 0 Å². The van der Waals surface area contributed by atoms with Crippen molar-refractivity contribution in [3.05, 3.63) is 12.2 Å². The van der Waals surface area contributed by atoms with Gasteiger partial charge in [0, 0.05) is 0 Å². The van der Waals surface area contributed by atoms with E-state index < -0.39 is 24.6 Å². The first kappa shape index (κ1) is 63.7. The minimum Gasteiger partial charge on any atom is -0.0654 e. The van der Waals surface area contributed by atoms with Gasteiger partial charge in [-0.25, -0.2) is 0 Å². The van der Waals surface area contributed by atoms with E-state index in [1.165, 1.54) is 295 Å². The molecule has 0 aromatic carbocycles. The van der Waals surface area contributed by atoms with Gasteiger partial charge in [0.2, 0.25) is 0 Å². The summed E-state index contributed by atoms with van der Waals surface area (Å²) in [6, 6.07) is 0. The SMILES string of the molecule is C=C(C(=O)[O][Ti](=[O])[O]C(C)C)C(C(CCCCCCCCCCCC)CCCCCCCCCCCCC)C(CCCCCCCCCCCC)CCCCCCCCCCCCC. The Hall–Kier alpha value is -0.316. The molecular weight excluding hydrogens is 821 g/mol. The van der Waals surface area contributed by atoms with Crippen molar-refractivity contribution in [1.29, 1.82) is 0 Å². The third kappa shape index (κ3) is 41.8. The van der Waals surface area contributed by atoms with E-state index in [1.807, 2.05) is 13.8 Å². The smallest absolute Gasteiger partial charge is 0.0654 e. The molecule has 0 aromatic rings. The second-order valence-corrected chi connectivity index (χ2v) is 22.4. The first-order valence-electron chi connectivity index (χ1n) is 29.4. The first-order chi connectivity index (χ1) is 31.3. The van der Waals surface area contributed by atoms with Crippen LogP contribution in [-0.2, 0) is 33.4 Å². The molecular formula is C59H116O4Ti. The zero-order chi connectivity index (χ0) is 47.0. The summed E-state index contributed by atoms with van der Waals surface area (Å²) >= 11 is -3.64. The molecule has 0 amide bonds. The molecule has 0 bridgehead atoms. The molecule has 0 aromatic heterocycles. The summed E-state index contributed by atoms with van der Waals surface area (Å²) in [4.78, 5) is 14.0. The molecule has 0 aliphatic carbocycles. The fourth-order valence-corrected chi connectivity index (χ4v) is 11.5. The van der Waals surface area contributed by atoms with Gasteiger partial charge >= 0.3 is 269 Å². The molecule has 380 valence electrons. The Kier molecular flexibility index (Phi) is 50.3. The molecule has 0 saturated carbocycles. The fourth-order valence-electron chi connectivity index (χ4n) is 10.4. The summed E-state index contributed by atoms with van der Waals surface area (Å²) < 4.78 is 24.2. The molecule has 0 radical (unpaired) electrons. The van der Waals surface area contributed by atoms with Gasteiger partial charge in [0.1, 0.15) is 0 Å². The van der Waals surface area contributed by atoms with Gasteiger partial charge < -0.3 is 0 Å². The predicted molar refractivity (Wildman–Crippen MR) is 278 cm³/mol. The number of hydrogen-bond donors (Lipinski definition) is 0. The Bertz CT molecular complexity index is 941. The Morgan fingerprint density at radius 3 is 0.781 bits per heavy atom. The average molecular weight is 937 g/mol. The van der Waals surface area contributed by atoms with Crippen molar-refractivity contribution in [3.8, 4) is 0 Å². The Morgan fingerprint density at radius 1 is 0.375 bits per heavy atom. The van der Waals surface area contributed by atoms with Crippen molar-refractivity contribution in [2.75, 3.05) is 0 Å². The maximum atomic E-state index is 14.0. The maximum absolute atomic E-state index is 14.0. The molecule has 0 aliphatic heterocycles. The standard InChI is InChI=1S/C56H110O2.C3H7O.O.Ti/c1-6-10-14-18-22-26-30-34-38-42-46-50-53(48-44-40-36-32-28-24-20-16-12-8-3)55(52(5)56(57)58)54(49-45-41-37-33-29-25-21-17-13-9-4)51-47-43-39-35-31-27-23-19-15-11-7-2;1-3(2)4;;/h53-55H,5-51H2,1-4H3,(H,57,58);3H,1-2H3;;/q;-1;;+2/p-1. The third-order valence-corrected chi connectivity index (χ3v) is 16.0. The number of hydrogen-bond acceptors (Lipinski definition) is 4. The van der Waals surface area contributed by atoms with Gasteiger partial charge in [0.15, 0.2) is 0 Å². The van der Waals surface area contributed by atoms with E-state index in [4.69, 9.17) is 6.64 Å². The second kappa shape index (κ2) is 50.6. The van der Waals surface area contributed by atoms with Gasteiger partial charge in [-0.1, -0.05) is 143 Å². The Labute approximate surface area is 410 Å². The third-order valence-electron chi connectivity index (χ3n) is 14.4. The van der Waals surface area contributed by atoms with Crippen molar-refractivity contribution < 1.29 is 33.4 Å². The molecule has 0 spiro atoms. The van der Waals surface area contributed by atoms with Gasteiger partial charge in [-0.3, -0.25) is 0 Å². The zero-order valence-electron chi connectivity index (χ0n) is 44.7. The Balaban J connectivity index is 6.04. The van der Waals surface area contributed by atoms with E-state index in [9.17, 15) is 8.12 Å². The molecule has 0 saturated heterocycles. The molecule has 4 nitrogen and oxygen atoms in total. The number of carbonyl (C=O) groups is 1. The van der Waals surface area contributed by atoms with Crippen LogP contribution in [0.1, 0.15) is 337 Å². The van der Waals surface area contributed by atoms with Crippen LogP contribution in [-0.4, -0.2) is 12.1 Å². The zero-order valence-corrected chi connectivity index (χ0v) is 46.2. The molecule has 0 rings (SSSR count). The van der Waals surface area contributed by atoms with Gasteiger partial charge in [-0.15, -0.1) is 0 Å². The summed E-state index contributed by atoms with van der Waals surface area (Å²) in [5, 5.41) is 0. The number of carbonyl (C=O) groups excluding carboxylic acids is 1. The fraction of sp³-hybridized carbons (Fsp3) is 0.949. The first-order valence-corrected chi connectivity index (χ1v) is 31.3. The van der Waals surface area contributed by atoms with Gasteiger partial charge in [-0.2, -0.15) is 0 Å². The minimum atomic E-state index is -3.64. The molecule has 2 unspecified atom stereocenters. The van der Waals surface area contributed by atoms with Gasteiger partial charge in [-0.05, 0) is 0 Å². The van der Waals surface area contributed by atoms with Crippen molar-refractivity contribution in [2.24, 2.45) is 17.8 Å². The summed E-state index contributed by atoms with van der Waals surface area (Å²) in [5.74, 6) is 0.514. The quantitative estimate of drug-likeness (QED) is 0.0346. The van der Waals surface area contributed by atoms with E-state index >= 15 is 0 Å². The van der Waals surface area contributed by atoms with Crippen LogP contribution < -0.4 is 0 Å². The van der Waals surface area contributed by atoms with Crippen LogP contribution in [0.15, 0.2) is 12.2 Å². The van der Waals surface area contributed by atoms with Crippen LogP contribution in [0.4, 0.5) is 0 Å². The van der Waals surface area contributed by atoms with Crippen LogP contribution in [0.25, 0.3) is 0 Å². The molecule has 5 heteroatoms. The summed E-state index contributed by atoms with van der Waals surface area (Å²) in [6.45, 7) is 17.5. The molecule has 0 fully saturated rings. The van der Waals surface area contributed by atoms with Crippen LogP contribution in [0.3, 0.4) is 0 Å². The molecule has 2 atom stereocenters. The van der Waals surface area contributed by atoms with E-state index in [0.717, 1.165) is 0 Å². The van der Waals surface area contributed by atoms with Crippen molar-refractivity contribution in [1.82, 2.24) is 0 Å². The van der Waals surface area contributed by atoms with Gasteiger partial charge in [0.05, 0.1) is 0 Å². The monoisotopic (exact) mass is 937 g/mol. The summed E-state index contributed by atoms with van der Waals surface area (Å²) in [6.07, 6.45) is 61.1. The van der Waals surface area contributed by atoms with E-state index in [-0.39, 0.29) is 12.0 Å². The summed E-state index contributed by atoms with van der Waals surface area (Å²) in [5.41, 5.74) is 0.605. The van der Waals surface area contributed by atoms with Crippen LogP contribution in [0.2, 0.25) is 0 Å². The number of unbranched alkanes of at least 4 members (excludes halogenated alkanes) is 38. The molecule has 64 heavy (non-hydrogen) atoms. The Morgan fingerprint density at radius 2 is 0.578 bits per heavy atom. The van der Waals surface area contributed by atoms with Gasteiger partial charge in [0.25, 0.3) is 0 Å². The predicted octanol–water partition coefficient (Wildman–Crippen LogP) is 21.2. The topological polar surface area (TPSA) is 52.6 Å². The average Bonchev–Trinajstić information content (AvgIpc) is 3.27. The summed E-state index contributed by atoms with van der Waals surface area (Å²) in [7, 11) is 0. The van der Waals surface area contributed by atoms with Crippen LogP contribution >= 0.6 is 0 Å². The normalized spacial score (nSPS) is 13.1. The second-order valence-electron chi connectivity index (χ2n) is 21.0. The number of rotatable bonds is 53. The molecule has 0 aliphatic rings. The van der Waals surface area contributed by atoms with E-state index in [1.54, 1.807) is 0 Å². The molecule has 0 N–H and O–H groups in total. The molecule has 0 heterocycles.